The molecule has 108 valence electrons. The van der Waals surface area contributed by atoms with E-state index in [2.05, 4.69) is 5.32 Å². The number of amides is 1. The smallest absolute Gasteiger partial charge is 0.326 e. The Morgan fingerprint density at radius 1 is 1.50 bits per heavy atom. The van der Waals surface area contributed by atoms with Gasteiger partial charge in [-0.1, -0.05) is 12.2 Å². The first-order valence-electron chi connectivity index (χ1n) is 5.98. The van der Waals surface area contributed by atoms with Crippen molar-refractivity contribution >= 4 is 11.9 Å². The summed E-state index contributed by atoms with van der Waals surface area (Å²) in [5.74, 6) is -2.46. The topological polar surface area (TPSA) is 75.6 Å². The molecule has 6 heteroatoms. The van der Waals surface area contributed by atoms with Crippen molar-refractivity contribution in [1.82, 2.24) is 5.32 Å². The van der Waals surface area contributed by atoms with E-state index in [4.69, 9.17) is 9.84 Å². The van der Waals surface area contributed by atoms with Crippen LogP contribution in [0.5, 0.6) is 5.75 Å². The van der Waals surface area contributed by atoms with Crippen LogP contribution >= 0.6 is 0 Å². The van der Waals surface area contributed by atoms with Crippen molar-refractivity contribution in [2.45, 2.75) is 19.4 Å². The summed E-state index contributed by atoms with van der Waals surface area (Å²) in [6.45, 7) is 1.75. The van der Waals surface area contributed by atoms with Crippen LogP contribution in [0.1, 0.15) is 23.7 Å². The van der Waals surface area contributed by atoms with Crippen LogP contribution in [0, 0.1) is 5.82 Å². The van der Waals surface area contributed by atoms with E-state index in [1.54, 1.807) is 19.1 Å². The number of carbonyl (C=O) groups is 2. The Hall–Kier alpha value is -2.37. The van der Waals surface area contributed by atoms with Gasteiger partial charge in [0.05, 0.1) is 7.11 Å². The first-order chi connectivity index (χ1) is 9.49. The number of carboxylic acids is 1. The molecule has 2 N–H and O–H groups in total. The third-order valence-corrected chi connectivity index (χ3v) is 2.62. The zero-order valence-corrected chi connectivity index (χ0v) is 11.2. The lowest BCUT2D eigenvalue weighted by molar-refractivity contribution is -0.139. The molecule has 0 aromatic heterocycles. The van der Waals surface area contributed by atoms with Gasteiger partial charge < -0.3 is 15.2 Å². The van der Waals surface area contributed by atoms with Gasteiger partial charge in [0.1, 0.15) is 6.04 Å². The number of methoxy groups -OCH3 is 1. The Balaban J connectivity index is 2.83. The number of hydrogen-bond donors (Lipinski definition) is 2. The summed E-state index contributed by atoms with van der Waals surface area (Å²) in [5, 5.41) is 11.3. The Bertz CT molecular complexity index is 528. The lowest BCUT2D eigenvalue weighted by Gasteiger charge is -2.13. The molecule has 0 fully saturated rings. The van der Waals surface area contributed by atoms with E-state index in [1.165, 1.54) is 19.2 Å². The highest BCUT2D eigenvalue weighted by Crippen LogP contribution is 2.17. The molecule has 0 radical (unpaired) electrons. The number of halogens is 1. The van der Waals surface area contributed by atoms with Gasteiger partial charge in [0.2, 0.25) is 0 Å². The normalized spacial score (nSPS) is 12.2. The fourth-order valence-corrected chi connectivity index (χ4v) is 1.54. The predicted molar refractivity (Wildman–Crippen MR) is 71.3 cm³/mol. The fraction of sp³-hybridized carbons (Fsp3) is 0.286. The maximum atomic E-state index is 13.5. The zero-order valence-electron chi connectivity index (χ0n) is 11.2. The molecule has 1 unspecified atom stereocenters. The molecule has 1 amide bonds. The molecule has 0 spiro atoms. The molecule has 0 aliphatic rings. The van der Waals surface area contributed by atoms with Crippen molar-refractivity contribution in [1.29, 1.82) is 0 Å². The lowest BCUT2D eigenvalue weighted by Crippen LogP contribution is -2.40. The molecule has 20 heavy (non-hydrogen) atoms. The van der Waals surface area contributed by atoms with Crippen LogP contribution in [-0.4, -0.2) is 30.1 Å². The Morgan fingerprint density at radius 3 is 2.70 bits per heavy atom. The average Bonchev–Trinajstić information content (AvgIpc) is 2.42. The van der Waals surface area contributed by atoms with Crippen molar-refractivity contribution in [2.75, 3.05) is 7.11 Å². The monoisotopic (exact) mass is 281 g/mol. The second kappa shape index (κ2) is 7.28. The largest absolute Gasteiger partial charge is 0.494 e. The van der Waals surface area contributed by atoms with Gasteiger partial charge in [-0.2, -0.15) is 0 Å². The van der Waals surface area contributed by atoms with Crippen LogP contribution in [0.15, 0.2) is 30.4 Å². The quantitative estimate of drug-likeness (QED) is 0.782. The molecular formula is C14H16FNO4. The maximum Gasteiger partial charge on any atom is 0.326 e. The molecule has 1 aromatic carbocycles. The van der Waals surface area contributed by atoms with Crippen molar-refractivity contribution in [2.24, 2.45) is 0 Å². The van der Waals surface area contributed by atoms with Crippen LogP contribution in [0.4, 0.5) is 4.39 Å². The second-order valence-electron chi connectivity index (χ2n) is 4.02. The standard InChI is InChI=1S/C14H16FNO4/c1-3-4-5-11(14(18)19)16-13(17)9-6-7-12(20-2)10(15)8-9/h3-4,6-8,11H,5H2,1-2H3,(H,16,17)(H,18,19)/b4-3+. The molecule has 0 bridgehead atoms. The van der Waals surface area contributed by atoms with E-state index in [9.17, 15) is 14.0 Å². The summed E-state index contributed by atoms with van der Waals surface area (Å²) in [4.78, 5) is 22.9. The molecule has 5 nitrogen and oxygen atoms in total. The highest BCUT2D eigenvalue weighted by Gasteiger charge is 2.20. The molecule has 1 atom stereocenters. The summed E-state index contributed by atoms with van der Waals surface area (Å²) in [6.07, 6.45) is 3.49. The van der Waals surface area contributed by atoms with Gasteiger partial charge >= 0.3 is 5.97 Å². The van der Waals surface area contributed by atoms with E-state index in [-0.39, 0.29) is 17.7 Å². The highest BCUT2D eigenvalue weighted by atomic mass is 19.1. The van der Waals surface area contributed by atoms with Crippen molar-refractivity contribution < 1.29 is 23.8 Å². The number of aliphatic carboxylic acids is 1. The highest BCUT2D eigenvalue weighted by molar-refractivity contribution is 5.96. The average molecular weight is 281 g/mol. The predicted octanol–water partition coefficient (Wildman–Crippen LogP) is 1.98. The minimum atomic E-state index is -1.15. The van der Waals surface area contributed by atoms with Gasteiger partial charge in [-0.05, 0) is 31.5 Å². The molecule has 0 saturated heterocycles. The minimum Gasteiger partial charge on any atom is -0.494 e. The lowest BCUT2D eigenvalue weighted by atomic mass is 10.1. The SMILES string of the molecule is C/C=C/CC(NC(=O)c1ccc(OC)c(F)c1)C(=O)O. The molecule has 0 aliphatic carbocycles. The number of rotatable bonds is 6. The van der Waals surface area contributed by atoms with Crippen molar-refractivity contribution in [3.05, 3.63) is 41.7 Å². The molecule has 0 aliphatic heterocycles. The van der Waals surface area contributed by atoms with E-state index in [0.29, 0.717) is 0 Å². The number of allylic oxidation sites excluding steroid dienone is 1. The van der Waals surface area contributed by atoms with Crippen LogP contribution in [0.2, 0.25) is 0 Å². The first kappa shape index (κ1) is 15.7. The Labute approximate surface area is 116 Å². The summed E-state index contributed by atoms with van der Waals surface area (Å²) >= 11 is 0. The van der Waals surface area contributed by atoms with E-state index >= 15 is 0 Å². The van der Waals surface area contributed by atoms with Gasteiger partial charge in [-0.15, -0.1) is 0 Å². The second-order valence-corrected chi connectivity index (χ2v) is 4.02. The number of ether oxygens (including phenoxy) is 1. The minimum absolute atomic E-state index is 0.0188. The number of carboxylic acid groups (broad SMARTS) is 1. The number of hydrogen-bond acceptors (Lipinski definition) is 3. The Morgan fingerprint density at radius 2 is 2.20 bits per heavy atom. The first-order valence-corrected chi connectivity index (χ1v) is 5.98. The zero-order chi connectivity index (χ0) is 15.1. The van der Waals surface area contributed by atoms with Crippen LogP contribution < -0.4 is 10.1 Å². The third-order valence-electron chi connectivity index (χ3n) is 2.62. The van der Waals surface area contributed by atoms with Crippen molar-refractivity contribution in [3.63, 3.8) is 0 Å². The number of nitrogens with one attached hydrogen (secondary N) is 1. The van der Waals surface area contributed by atoms with Gasteiger partial charge in [0.15, 0.2) is 11.6 Å². The van der Waals surface area contributed by atoms with Crippen LogP contribution in [0.3, 0.4) is 0 Å². The van der Waals surface area contributed by atoms with Gasteiger partial charge in [-0.25, -0.2) is 9.18 Å². The summed E-state index contributed by atoms with van der Waals surface area (Å²) < 4.78 is 18.2. The van der Waals surface area contributed by atoms with E-state index < -0.39 is 23.7 Å². The van der Waals surface area contributed by atoms with Gasteiger partial charge in [-0.3, -0.25) is 4.79 Å². The molecule has 0 heterocycles. The number of benzene rings is 1. The summed E-state index contributed by atoms with van der Waals surface area (Å²) in [7, 11) is 1.32. The van der Waals surface area contributed by atoms with Crippen LogP contribution in [0.25, 0.3) is 0 Å². The summed E-state index contributed by atoms with van der Waals surface area (Å²) in [6, 6.07) is 2.63. The van der Waals surface area contributed by atoms with Gasteiger partial charge in [0, 0.05) is 5.56 Å². The van der Waals surface area contributed by atoms with Crippen molar-refractivity contribution in [3.8, 4) is 5.75 Å². The maximum absolute atomic E-state index is 13.5. The summed E-state index contributed by atoms with van der Waals surface area (Å²) in [5.41, 5.74) is 0.0371. The fourth-order valence-electron chi connectivity index (χ4n) is 1.54. The van der Waals surface area contributed by atoms with Gasteiger partial charge in [0.25, 0.3) is 5.91 Å². The Kier molecular flexibility index (Phi) is 5.71. The molecule has 1 rings (SSSR count). The molecular weight excluding hydrogens is 265 g/mol. The van der Waals surface area contributed by atoms with Crippen LogP contribution in [-0.2, 0) is 4.79 Å². The van der Waals surface area contributed by atoms with E-state index in [1.807, 2.05) is 0 Å². The van der Waals surface area contributed by atoms with E-state index in [0.717, 1.165) is 6.07 Å². The number of carbonyl (C=O) groups excluding carboxylic acids is 1. The molecule has 0 saturated carbocycles. The molecule has 1 aromatic rings. The third kappa shape index (κ3) is 4.08.